The van der Waals surface area contributed by atoms with Gasteiger partial charge in [-0.3, -0.25) is 9.59 Å². The standard InChI is InChI=1S/C18H23N3O2S/c1-11(2)16(20-13(4)22)17(23)19-12(3)18-21-15(10-24-18)14-8-6-5-7-9-14/h5-12,16H,1-4H3,(H,19,23)(H,20,22)/t12-,16+/m0/s1. The molecule has 0 aliphatic rings. The summed E-state index contributed by atoms with van der Waals surface area (Å²) < 4.78 is 0. The van der Waals surface area contributed by atoms with E-state index in [2.05, 4.69) is 15.6 Å². The van der Waals surface area contributed by atoms with Crippen LogP contribution in [0.1, 0.15) is 38.7 Å². The van der Waals surface area contributed by atoms with Gasteiger partial charge in [-0.2, -0.15) is 0 Å². The first-order valence-corrected chi connectivity index (χ1v) is 8.84. The average Bonchev–Trinajstić information content (AvgIpc) is 3.03. The van der Waals surface area contributed by atoms with Gasteiger partial charge in [0, 0.05) is 17.9 Å². The lowest BCUT2D eigenvalue weighted by atomic mass is 10.0. The number of carbonyl (C=O) groups excluding carboxylic acids is 2. The molecule has 1 heterocycles. The summed E-state index contributed by atoms with van der Waals surface area (Å²) in [7, 11) is 0. The van der Waals surface area contributed by atoms with E-state index in [9.17, 15) is 9.59 Å². The lowest BCUT2D eigenvalue weighted by molar-refractivity contribution is -0.129. The van der Waals surface area contributed by atoms with Crippen LogP contribution in [0.3, 0.4) is 0 Å². The molecule has 0 bridgehead atoms. The second-order valence-electron chi connectivity index (χ2n) is 6.09. The summed E-state index contributed by atoms with van der Waals surface area (Å²) >= 11 is 1.52. The van der Waals surface area contributed by atoms with Gasteiger partial charge in [0.05, 0.1) is 11.7 Å². The van der Waals surface area contributed by atoms with Crippen molar-refractivity contribution >= 4 is 23.2 Å². The normalized spacial score (nSPS) is 13.4. The van der Waals surface area contributed by atoms with Gasteiger partial charge in [0.15, 0.2) is 0 Å². The molecular formula is C18H23N3O2S. The topological polar surface area (TPSA) is 71.1 Å². The first kappa shape index (κ1) is 18.1. The summed E-state index contributed by atoms with van der Waals surface area (Å²) in [4.78, 5) is 28.3. The second kappa shape index (κ2) is 8.06. The first-order valence-electron chi connectivity index (χ1n) is 7.96. The maximum absolute atomic E-state index is 12.4. The molecule has 0 fully saturated rings. The molecule has 1 aromatic carbocycles. The van der Waals surface area contributed by atoms with Crippen LogP contribution in [0.25, 0.3) is 11.3 Å². The molecule has 2 amide bonds. The molecule has 2 N–H and O–H groups in total. The molecule has 128 valence electrons. The Morgan fingerprint density at radius 2 is 1.75 bits per heavy atom. The number of nitrogens with zero attached hydrogens (tertiary/aromatic N) is 1. The number of benzene rings is 1. The fourth-order valence-electron chi connectivity index (χ4n) is 2.35. The van der Waals surface area contributed by atoms with Gasteiger partial charge in [-0.05, 0) is 12.8 Å². The molecule has 2 aromatic rings. The molecule has 5 nitrogen and oxygen atoms in total. The summed E-state index contributed by atoms with van der Waals surface area (Å²) in [5, 5.41) is 8.47. The van der Waals surface area contributed by atoms with Gasteiger partial charge in [-0.25, -0.2) is 4.98 Å². The van der Waals surface area contributed by atoms with Gasteiger partial charge in [0.1, 0.15) is 11.0 Å². The first-order chi connectivity index (χ1) is 11.4. The Morgan fingerprint density at radius 3 is 2.33 bits per heavy atom. The van der Waals surface area contributed by atoms with Crippen LogP contribution in [-0.4, -0.2) is 22.8 Å². The minimum Gasteiger partial charge on any atom is -0.345 e. The van der Waals surface area contributed by atoms with Crippen LogP contribution < -0.4 is 10.6 Å². The SMILES string of the molecule is CC(=O)N[C@@H](C(=O)N[C@@H](C)c1nc(-c2ccccc2)cs1)C(C)C. The van der Waals surface area contributed by atoms with E-state index in [0.717, 1.165) is 16.3 Å². The van der Waals surface area contributed by atoms with Crippen molar-refractivity contribution in [3.8, 4) is 11.3 Å². The Balaban J connectivity index is 2.06. The summed E-state index contributed by atoms with van der Waals surface area (Å²) in [6.07, 6.45) is 0. The van der Waals surface area contributed by atoms with E-state index < -0.39 is 6.04 Å². The molecule has 2 rings (SSSR count). The van der Waals surface area contributed by atoms with E-state index in [1.165, 1.54) is 18.3 Å². The molecule has 1 aromatic heterocycles. The molecule has 0 saturated carbocycles. The molecule has 0 aliphatic heterocycles. The highest BCUT2D eigenvalue weighted by molar-refractivity contribution is 7.10. The van der Waals surface area contributed by atoms with E-state index in [-0.39, 0.29) is 23.8 Å². The third-order valence-corrected chi connectivity index (χ3v) is 4.66. The fourth-order valence-corrected chi connectivity index (χ4v) is 3.18. The van der Waals surface area contributed by atoms with Crippen molar-refractivity contribution in [1.29, 1.82) is 0 Å². The van der Waals surface area contributed by atoms with Gasteiger partial charge in [-0.1, -0.05) is 44.2 Å². The van der Waals surface area contributed by atoms with Crippen molar-refractivity contribution in [2.75, 3.05) is 0 Å². The van der Waals surface area contributed by atoms with Crippen LogP contribution in [0.4, 0.5) is 0 Å². The van der Waals surface area contributed by atoms with E-state index >= 15 is 0 Å². The molecule has 0 spiro atoms. The Kier molecular flexibility index (Phi) is 6.09. The number of rotatable bonds is 6. The average molecular weight is 345 g/mol. The summed E-state index contributed by atoms with van der Waals surface area (Å²) in [5.41, 5.74) is 1.95. The smallest absolute Gasteiger partial charge is 0.243 e. The van der Waals surface area contributed by atoms with Crippen molar-refractivity contribution in [3.05, 3.63) is 40.7 Å². The van der Waals surface area contributed by atoms with Crippen molar-refractivity contribution in [3.63, 3.8) is 0 Å². The van der Waals surface area contributed by atoms with Crippen molar-refractivity contribution in [1.82, 2.24) is 15.6 Å². The number of hydrogen-bond acceptors (Lipinski definition) is 4. The van der Waals surface area contributed by atoms with Gasteiger partial charge >= 0.3 is 0 Å². The Labute approximate surface area is 146 Å². The quantitative estimate of drug-likeness (QED) is 0.845. The van der Waals surface area contributed by atoms with Gasteiger partial charge in [-0.15, -0.1) is 11.3 Å². The number of carbonyl (C=O) groups is 2. The highest BCUT2D eigenvalue weighted by Crippen LogP contribution is 2.25. The Bertz CT molecular complexity index is 697. The van der Waals surface area contributed by atoms with E-state index in [1.54, 1.807) is 0 Å². The van der Waals surface area contributed by atoms with E-state index in [0.29, 0.717) is 0 Å². The van der Waals surface area contributed by atoms with Gasteiger partial charge in [0.25, 0.3) is 0 Å². The van der Waals surface area contributed by atoms with Crippen molar-refractivity contribution in [2.45, 2.75) is 39.8 Å². The highest BCUT2D eigenvalue weighted by Gasteiger charge is 2.25. The number of nitrogens with one attached hydrogen (secondary N) is 2. The van der Waals surface area contributed by atoms with E-state index in [4.69, 9.17) is 0 Å². The molecule has 0 unspecified atom stereocenters. The second-order valence-corrected chi connectivity index (χ2v) is 6.98. The van der Waals surface area contributed by atoms with Crippen molar-refractivity contribution in [2.24, 2.45) is 5.92 Å². The van der Waals surface area contributed by atoms with Crippen molar-refractivity contribution < 1.29 is 9.59 Å². The molecule has 0 radical (unpaired) electrons. The molecule has 6 heteroatoms. The zero-order chi connectivity index (χ0) is 17.7. The van der Waals surface area contributed by atoms with Crippen LogP contribution in [-0.2, 0) is 9.59 Å². The third kappa shape index (κ3) is 4.64. The lowest BCUT2D eigenvalue weighted by Gasteiger charge is -2.22. The summed E-state index contributed by atoms with van der Waals surface area (Å²) in [5.74, 6) is -0.390. The Hall–Kier alpha value is -2.21. The summed E-state index contributed by atoms with van der Waals surface area (Å²) in [6.45, 7) is 7.12. The number of hydrogen-bond donors (Lipinski definition) is 2. The molecule has 24 heavy (non-hydrogen) atoms. The molecular weight excluding hydrogens is 322 g/mol. The number of amides is 2. The fraction of sp³-hybridized carbons (Fsp3) is 0.389. The van der Waals surface area contributed by atoms with Crippen LogP contribution in [0.2, 0.25) is 0 Å². The maximum Gasteiger partial charge on any atom is 0.243 e. The zero-order valence-corrected chi connectivity index (χ0v) is 15.2. The monoisotopic (exact) mass is 345 g/mol. The predicted molar refractivity (Wildman–Crippen MR) is 96.6 cm³/mol. The number of aromatic nitrogens is 1. The molecule has 2 atom stereocenters. The lowest BCUT2D eigenvalue weighted by Crippen LogP contribution is -2.49. The minimum atomic E-state index is -0.543. The predicted octanol–water partition coefficient (Wildman–Crippen LogP) is 3.15. The third-order valence-electron chi connectivity index (χ3n) is 3.63. The minimum absolute atomic E-state index is 0.0114. The zero-order valence-electron chi connectivity index (χ0n) is 14.4. The molecule has 0 saturated heterocycles. The maximum atomic E-state index is 12.4. The van der Waals surface area contributed by atoms with Crippen LogP contribution >= 0.6 is 11.3 Å². The van der Waals surface area contributed by atoms with Crippen LogP contribution in [0.5, 0.6) is 0 Å². The molecule has 0 aliphatic carbocycles. The van der Waals surface area contributed by atoms with E-state index in [1.807, 2.05) is 56.5 Å². The summed E-state index contributed by atoms with van der Waals surface area (Å²) in [6, 6.07) is 9.17. The van der Waals surface area contributed by atoms with Crippen LogP contribution in [0, 0.1) is 5.92 Å². The van der Waals surface area contributed by atoms with Gasteiger partial charge in [0.2, 0.25) is 11.8 Å². The highest BCUT2D eigenvalue weighted by atomic mass is 32.1. The van der Waals surface area contributed by atoms with Crippen LogP contribution in [0.15, 0.2) is 35.7 Å². The van der Waals surface area contributed by atoms with Gasteiger partial charge < -0.3 is 10.6 Å². The largest absolute Gasteiger partial charge is 0.345 e. The number of thiazole rings is 1. The Morgan fingerprint density at radius 1 is 1.08 bits per heavy atom.